The molecule has 0 spiro atoms. The van der Waals surface area contributed by atoms with Gasteiger partial charge in [-0.25, -0.2) is 14.2 Å². The van der Waals surface area contributed by atoms with Crippen LogP contribution in [-0.2, 0) is 4.74 Å². The Morgan fingerprint density at radius 1 is 1.71 bits per heavy atom. The van der Waals surface area contributed by atoms with Crippen LogP contribution in [-0.4, -0.2) is 37.2 Å². The van der Waals surface area contributed by atoms with Crippen LogP contribution in [0.15, 0.2) is 6.07 Å². The number of ether oxygens (including phenoxy) is 1. The lowest BCUT2D eigenvalue weighted by atomic mass is 10.2. The van der Waals surface area contributed by atoms with Crippen molar-refractivity contribution in [2.45, 2.75) is 12.5 Å². The minimum atomic E-state index is -0.750. The van der Waals surface area contributed by atoms with Crippen molar-refractivity contribution in [1.82, 2.24) is 4.98 Å². The molecule has 0 aromatic carbocycles. The minimum Gasteiger partial charge on any atom is -0.464 e. The van der Waals surface area contributed by atoms with Gasteiger partial charge in [0.2, 0.25) is 0 Å². The van der Waals surface area contributed by atoms with E-state index in [9.17, 15) is 9.18 Å². The molecule has 0 aliphatic carbocycles. The second kappa shape index (κ2) is 3.58. The average molecular weight is 237 g/mol. The summed E-state index contributed by atoms with van der Waals surface area (Å²) in [7, 11) is 1.21. The molecular weight excluding hydrogens is 225 g/mol. The highest BCUT2D eigenvalue weighted by Gasteiger charge is 2.32. The van der Waals surface area contributed by atoms with Crippen molar-refractivity contribution in [2.24, 2.45) is 0 Å². The van der Waals surface area contributed by atoms with Crippen molar-refractivity contribution in [3.63, 3.8) is 0 Å². The van der Waals surface area contributed by atoms with Crippen LogP contribution in [0.3, 0.4) is 0 Å². The summed E-state index contributed by atoms with van der Waals surface area (Å²) in [6.45, 7) is 1.76. The number of methoxy groups -OCH3 is 1. The number of nitrogens with zero attached hydrogens (tertiary/aromatic N) is 2. The van der Waals surface area contributed by atoms with E-state index in [2.05, 4.69) is 19.9 Å². The van der Waals surface area contributed by atoms with E-state index in [4.69, 9.17) is 0 Å². The number of aromatic nitrogens is 1. The Kier molecular flexibility index (Phi) is 2.17. The maximum absolute atomic E-state index is 13.7. The second-order valence-corrected chi connectivity index (χ2v) is 4.25. The number of halogens is 1. The molecule has 2 aliphatic rings. The predicted molar refractivity (Wildman–Crippen MR) is 59.8 cm³/mol. The van der Waals surface area contributed by atoms with Crippen LogP contribution in [0, 0.1) is 5.82 Å². The summed E-state index contributed by atoms with van der Waals surface area (Å²) in [5.41, 5.74) is 0.463. The monoisotopic (exact) mass is 237 g/mol. The molecule has 1 aromatic heterocycles. The fraction of sp³-hybridized carbons (Fsp3) is 0.455. The first-order chi connectivity index (χ1) is 8.19. The molecule has 1 aromatic rings. The molecule has 0 amide bonds. The normalized spacial score (nSPS) is 20.8. The zero-order chi connectivity index (χ0) is 12.0. The Balaban J connectivity index is 2.07. The lowest BCUT2D eigenvalue weighted by Gasteiger charge is -2.27. The standard InChI is InChI=1S/C11H12FN3O2/c1-17-11(16)9-7(12)4-8-10(14-9)13-6-2-3-15(8)5-6/h4,6H,2-3,5H2,1H3,(H,13,14)/t6-/m0/s1. The number of carbonyl (C=O) groups is 1. The van der Waals surface area contributed by atoms with E-state index in [0.717, 1.165) is 25.2 Å². The average Bonchev–Trinajstić information content (AvgIpc) is 2.72. The fourth-order valence-corrected chi connectivity index (χ4v) is 2.36. The Labute approximate surface area is 97.6 Å². The van der Waals surface area contributed by atoms with Gasteiger partial charge in [0, 0.05) is 25.2 Å². The summed E-state index contributed by atoms with van der Waals surface area (Å²) >= 11 is 0. The summed E-state index contributed by atoms with van der Waals surface area (Å²) in [5, 5.41) is 3.21. The van der Waals surface area contributed by atoms with Gasteiger partial charge in [0.05, 0.1) is 12.8 Å². The molecule has 3 heterocycles. The molecule has 1 saturated heterocycles. The minimum absolute atomic E-state index is 0.263. The van der Waals surface area contributed by atoms with Crippen LogP contribution in [0.4, 0.5) is 15.9 Å². The third-order valence-electron chi connectivity index (χ3n) is 3.20. The van der Waals surface area contributed by atoms with E-state index in [1.807, 2.05) is 0 Å². The van der Waals surface area contributed by atoms with Gasteiger partial charge in [0.15, 0.2) is 17.3 Å². The number of carbonyl (C=O) groups excluding carboxylic acids is 1. The van der Waals surface area contributed by atoms with Crippen LogP contribution < -0.4 is 10.2 Å². The molecule has 5 nitrogen and oxygen atoms in total. The first-order valence-corrected chi connectivity index (χ1v) is 5.49. The maximum atomic E-state index is 13.7. The van der Waals surface area contributed by atoms with E-state index < -0.39 is 11.8 Å². The Bertz CT molecular complexity index is 492. The van der Waals surface area contributed by atoms with E-state index in [1.165, 1.54) is 13.2 Å². The molecule has 0 radical (unpaired) electrons. The fourth-order valence-electron chi connectivity index (χ4n) is 2.36. The number of esters is 1. The first-order valence-electron chi connectivity index (χ1n) is 5.49. The number of anilines is 2. The summed E-state index contributed by atoms with van der Waals surface area (Å²) in [6, 6.07) is 1.69. The number of fused-ring (bicyclic) bond motifs is 4. The molecule has 0 saturated carbocycles. The highest BCUT2D eigenvalue weighted by molar-refractivity contribution is 5.89. The number of rotatable bonds is 1. The topological polar surface area (TPSA) is 54.5 Å². The maximum Gasteiger partial charge on any atom is 0.359 e. The molecule has 3 rings (SSSR count). The van der Waals surface area contributed by atoms with Gasteiger partial charge in [-0.05, 0) is 6.42 Å². The third-order valence-corrected chi connectivity index (χ3v) is 3.20. The number of hydrogen-bond donors (Lipinski definition) is 1. The van der Waals surface area contributed by atoms with Gasteiger partial charge >= 0.3 is 5.97 Å². The van der Waals surface area contributed by atoms with E-state index in [-0.39, 0.29) is 5.69 Å². The van der Waals surface area contributed by atoms with Gasteiger partial charge in [-0.2, -0.15) is 0 Å². The van der Waals surface area contributed by atoms with Crippen LogP contribution >= 0.6 is 0 Å². The smallest absolute Gasteiger partial charge is 0.359 e. The molecule has 6 heteroatoms. The second-order valence-electron chi connectivity index (χ2n) is 4.25. The molecule has 90 valence electrons. The number of hydrogen-bond acceptors (Lipinski definition) is 5. The van der Waals surface area contributed by atoms with E-state index in [0.29, 0.717) is 11.9 Å². The van der Waals surface area contributed by atoms with Crippen molar-refractivity contribution in [3.05, 3.63) is 17.6 Å². The summed E-state index contributed by atoms with van der Waals surface area (Å²) in [6.07, 6.45) is 1.01. The molecule has 1 N–H and O–H groups in total. The van der Waals surface area contributed by atoms with Crippen molar-refractivity contribution in [3.8, 4) is 0 Å². The summed E-state index contributed by atoms with van der Waals surface area (Å²) in [4.78, 5) is 17.4. The van der Waals surface area contributed by atoms with Gasteiger partial charge in [-0.1, -0.05) is 0 Å². The van der Waals surface area contributed by atoms with E-state index in [1.54, 1.807) is 0 Å². The third kappa shape index (κ3) is 1.51. The lowest BCUT2D eigenvalue weighted by Crippen LogP contribution is -2.33. The molecule has 1 fully saturated rings. The Morgan fingerprint density at radius 2 is 2.53 bits per heavy atom. The van der Waals surface area contributed by atoms with Gasteiger partial charge in [0.1, 0.15) is 0 Å². The molecule has 1 atom stereocenters. The molecule has 17 heavy (non-hydrogen) atoms. The first kappa shape index (κ1) is 10.3. The Morgan fingerprint density at radius 3 is 3.29 bits per heavy atom. The number of pyridine rings is 1. The van der Waals surface area contributed by atoms with Gasteiger partial charge in [0.25, 0.3) is 0 Å². The predicted octanol–water partition coefficient (Wildman–Crippen LogP) is 1.01. The zero-order valence-electron chi connectivity index (χ0n) is 9.36. The van der Waals surface area contributed by atoms with Gasteiger partial charge < -0.3 is 15.0 Å². The summed E-state index contributed by atoms with van der Waals surface area (Å²) in [5.74, 6) is -0.816. The van der Waals surface area contributed by atoms with Gasteiger partial charge in [-0.3, -0.25) is 0 Å². The SMILES string of the molecule is COC(=O)c1nc2c(cc1F)N1CC[C@@H](C1)N2. The highest BCUT2D eigenvalue weighted by Crippen LogP contribution is 2.35. The largest absolute Gasteiger partial charge is 0.464 e. The molecule has 2 bridgehead atoms. The van der Waals surface area contributed by atoms with Crippen molar-refractivity contribution < 1.29 is 13.9 Å². The van der Waals surface area contributed by atoms with Crippen LogP contribution in [0.5, 0.6) is 0 Å². The van der Waals surface area contributed by atoms with Crippen LogP contribution in [0.25, 0.3) is 0 Å². The lowest BCUT2D eigenvalue weighted by molar-refractivity contribution is 0.0588. The number of nitrogens with one attached hydrogen (secondary N) is 1. The Hall–Kier alpha value is -1.85. The van der Waals surface area contributed by atoms with Crippen molar-refractivity contribution in [1.29, 1.82) is 0 Å². The van der Waals surface area contributed by atoms with E-state index >= 15 is 0 Å². The van der Waals surface area contributed by atoms with Crippen LogP contribution in [0.2, 0.25) is 0 Å². The summed E-state index contributed by atoms with van der Waals surface area (Å²) < 4.78 is 18.2. The quantitative estimate of drug-likeness (QED) is 0.739. The zero-order valence-corrected chi connectivity index (χ0v) is 9.36. The van der Waals surface area contributed by atoms with Crippen molar-refractivity contribution in [2.75, 3.05) is 30.4 Å². The molecule has 2 aliphatic heterocycles. The van der Waals surface area contributed by atoms with Crippen molar-refractivity contribution >= 4 is 17.5 Å². The highest BCUT2D eigenvalue weighted by atomic mass is 19.1. The van der Waals surface area contributed by atoms with Gasteiger partial charge in [-0.15, -0.1) is 0 Å². The molecule has 0 unspecified atom stereocenters. The molecular formula is C11H12FN3O2. The van der Waals surface area contributed by atoms with Crippen LogP contribution in [0.1, 0.15) is 16.9 Å².